The summed E-state index contributed by atoms with van der Waals surface area (Å²) in [6, 6.07) is 24.6. The van der Waals surface area contributed by atoms with Gasteiger partial charge < -0.3 is 47.8 Å². The lowest BCUT2D eigenvalue weighted by molar-refractivity contribution is 0.0686. The molecule has 2 N–H and O–H groups in total. The van der Waals surface area contributed by atoms with Gasteiger partial charge in [-0.15, -0.1) is 0 Å². The number of ether oxygens (including phenoxy) is 4. The molecule has 0 spiro atoms. The van der Waals surface area contributed by atoms with Gasteiger partial charge >= 0.3 is 11.9 Å². The van der Waals surface area contributed by atoms with Gasteiger partial charge in [0.1, 0.15) is 11.5 Å². The Morgan fingerprint density at radius 3 is 1.42 bits per heavy atom. The molecule has 6 aromatic rings. The molecule has 0 aliphatic heterocycles. The number of carbonyl (C=O) groups is 2. The third-order valence-corrected chi connectivity index (χ3v) is 8.03. The highest BCUT2D eigenvalue weighted by Crippen LogP contribution is 2.37. The van der Waals surface area contributed by atoms with E-state index in [1.54, 1.807) is 75.1 Å². The van der Waals surface area contributed by atoms with Gasteiger partial charge in [0, 0.05) is 34.9 Å². The smallest absolute Gasteiger partial charge is 0.335 e. The monoisotopic (exact) mass is 750 g/mol. The zero-order valence-electron chi connectivity index (χ0n) is 31.0. The Morgan fingerprint density at radius 2 is 1.05 bits per heavy atom. The predicted molar refractivity (Wildman–Crippen MR) is 204 cm³/mol. The number of nitrogens with zero attached hydrogens (tertiary/aromatic N) is 4. The summed E-state index contributed by atoms with van der Waals surface area (Å²) in [5, 5.41) is 18.3. The predicted octanol–water partition coefficient (Wildman–Crippen LogP) is 8.63. The average molecular weight is 751 g/mol. The molecule has 55 heavy (non-hydrogen) atoms. The third-order valence-electron chi connectivity index (χ3n) is 8.03. The van der Waals surface area contributed by atoms with Crippen LogP contribution in [0, 0.1) is 0 Å². The average Bonchev–Trinajstić information content (AvgIpc) is 3.91. The maximum absolute atomic E-state index is 11.2. The first kappa shape index (κ1) is 39.3. The van der Waals surface area contributed by atoms with Crippen molar-refractivity contribution < 1.29 is 47.6 Å². The second kappa shape index (κ2) is 18.7. The van der Waals surface area contributed by atoms with Gasteiger partial charge in [0.15, 0.2) is 35.8 Å². The molecule has 14 heteroatoms. The number of carboxylic acid groups (broad SMARTS) is 2. The number of carboxylic acids is 2. The van der Waals surface area contributed by atoms with Crippen LogP contribution in [-0.4, -0.2) is 59.1 Å². The van der Waals surface area contributed by atoms with Gasteiger partial charge in [0.05, 0.1) is 63.5 Å². The van der Waals surface area contributed by atoms with Crippen LogP contribution >= 0.6 is 0 Å². The lowest BCUT2D eigenvalue weighted by Gasteiger charge is -2.25. The summed E-state index contributed by atoms with van der Waals surface area (Å²) in [6.07, 6.45) is 6.03. The highest BCUT2D eigenvalue weighted by atomic mass is 16.5. The molecular weight excluding hydrogens is 708 g/mol. The summed E-state index contributed by atoms with van der Waals surface area (Å²) in [7, 11) is 3.19. The molecule has 0 bridgehead atoms. The van der Waals surface area contributed by atoms with Gasteiger partial charge in [-0.1, -0.05) is 0 Å². The second-order valence-corrected chi connectivity index (χ2v) is 12.1. The van der Waals surface area contributed by atoms with E-state index in [-0.39, 0.29) is 17.2 Å². The minimum Gasteiger partial charge on any atom is -0.493 e. The van der Waals surface area contributed by atoms with Crippen LogP contribution in [0.2, 0.25) is 0 Å². The maximum Gasteiger partial charge on any atom is 0.335 e. The standard InChI is InChI=1S/C21H22N2O5.C20H20N2O5/c1-14(2)28-20-10-17(8-9-19(20)26-3)23(12-18-11-22-13-27-18)16-6-4-15(5-7-16)21(24)25;1-3-26-19-10-16(8-9-18(19)25-2)22(12-17-11-21-13-27-17)15-6-4-14(5-7-15)20(23)24/h4-11,13-14H,12H2,1-3H3,(H,24,25);4-11,13H,3,12H2,1-2H3,(H,23,24). The lowest BCUT2D eigenvalue weighted by atomic mass is 10.1. The molecule has 0 aliphatic rings. The van der Waals surface area contributed by atoms with Crippen molar-refractivity contribution in [3.8, 4) is 23.0 Å². The molecule has 0 amide bonds. The van der Waals surface area contributed by atoms with E-state index >= 15 is 0 Å². The number of aromatic nitrogens is 2. The Bertz CT molecular complexity index is 2120. The molecule has 0 aliphatic carbocycles. The number of benzene rings is 4. The molecule has 2 heterocycles. The molecule has 0 atom stereocenters. The van der Waals surface area contributed by atoms with Crippen LogP contribution < -0.4 is 28.7 Å². The quantitative estimate of drug-likeness (QED) is 0.0963. The fraction of sp³-hybridized carbons (Fsp3) is 0.220. The molecule has 0 unspecified atom stereocenters. The molecule has 0 radical (unpaired) electrons. The van der Waals surface area contributed by atoms with Crippen molar-refractivity contribution in [1.82, 2.24) is 9.97 Å². The normalized spacial score (nSPS) is 10.6. The second-order valence-electron chi connectivity index (χ2n) is 12.1. The molecule has 286 valence electrons. The molecule has 0 fully saturated rings. The summed E-state index contributed by atoms with van der Waals surface area (Å²) >= 11 is 0. The summed E-state index contributed by atoms with van der Waals surface area (Å²) in [5.74, 6) is 1.94. The summed E-state index contributed by atoms with van der Waals surface area (Å²) in [6.45, 7) is 7.15. The number of anilines is 4. The van der Waals surface area contributed by atoms with Crippen LogP contribution in [0.5, 0.6) is 23.0 Å². The van der Waals surface area contributed by atoms with E-state index < -0.39 is 11.9 Å². The van der Waals surface area contributed by atoms with Crippen molar-refractivity contribution in [3.63, 3.8) is 0 Å². The van der Waals surface area contributed by atoms with Crippen LogP contribution in [0.4, 0.5) is 22.7 Å². The summed E-state index contributed by atoms with van der Waals surface area (Å²) in [4.78, 5) is 34.2. The first-order valence-electron chi connectivity index (χ1n) is 17.2. The largest absolute Gasteiger partial charge is 0.493 e. The number of methoxy groups -OCH3 is 2. The molecule has 14 nitrogen and oxygen atoms in total. The van der Waals surface area contributed by atoms with Crippen LogP contribution in [0.25, 0.3) is 0 Å². The van der Waals surface area contributed by atoms with Gasteiger partial charge in [-0.2, -0.15) is 0 Å². The number of hydrogen-bond donors (Lipinski definition) is 2. The van der Waals surface area contributed by atoms with Crippen molar-refractivity contribution in [3.05, 3.63) is 133 Å². The Hall–Kier alpha value is -6.96. The van der Waals surface area contributed by atoms with Crippen LogP contribution in [0.1, 0.15) is 53.0 Å². The topological polar surface area (TPSA) is 170 Å². The van der Waals surface area contributed by atoms with Crippen LogP contribution in [-0.2, 0) is 13.1 Å². The fourth-order valence-corrected chi connectivity index (χ4v) is 5.46. The Morgan fingerprint density at radius 1 is 0.636 bits per heavy atom. The van der Waals surface area contributed by atoms with E-state index in [4.69, 9.17) is 38.0 Å². The van der Waals surface area contributed by atoms with E-state index in [9.17, 15) is 9.59 Å². The molecule has 0 saturated heterocycles. The van der Waals surface area contributed by atoms with Crippen molar-refractivity contribution in [2.45, 2.75) is 40.0 Å². The van der Waals surface area contributed by atoms with E-state index in [0.29, 0.717) is 54.2 Å². The minimum absolute atomic E-state index is 0.0123. The molecule has 4 aromatic carbocycles. The number of rotatable bonds is 16. The highest BCUT2D eigenvalue weighted by molar-refractivity contribution is 5.89. The van der Waals surface area contributed by atoms with Gasteiger partial charge in [-0.05, 0) is 93.6 Å². The minimum atomic E-state index is -0.967. The molecule has 6 rings (SSSR count). The Balaban J connectivity index is 0.000000211. The van der Waals surface area contributed by atoms with Crippen LogP contribution in [0.3, 0.4) is 0 Å². The van der Waals surface area contributed by atoms with Gasteiger partial charge in [0.25, 0.3) is 0 Å². The maximum atomic E-state index is 11.2. The van der Waals surface area contributed by atoms with Gasteiger partial charge in [-0.3, -0.25) is 0 Å². The number of aromatic carboxylic acids is 2. The van der Waals surface area contributed by atoms with Crippen LogP contribution in [0.15, 0.2) is 119 Å². The SMILES string of the molecule is CCOc1cc(N(Cc2cnco2)c2ccc(C(=O)O)cc2)ccc1OC.COc1ccc(N(Cc2cnco2)c2ccc(C(=O)O)cc2)cc1OC(C)C. The van der Waals surface area contributed by atoms with E-state index in [0.717, 1.165) is 22.7 Å². The van der Waals surface area contributed by atoms with Crippen molar-refractivity contribution in [2.75, 3.05) is 30.6 Å². The van der Waals surface area contributed by atoms with Crippen molar-refractivity contribution in [1.29, 1.82) is 0 Å². The number of oxazole rings is 2. The lowest BCUT2D eigenvalue weighted by Crippen LogP contribution is -2.17. The first-order valence-corrected chi connectivity index (χ1v) is 17.2. The summed E-state index contributed by atoms with van der Waals surface area (Å²) in [5.41, 5.74) is 3.76. The van der Waals surface area contributed by atoms with Crippen molar-refractivity contribution in [2.24, 2.45) is 0 Å². The Kier molecular flexibility index (Phi) is 13.3. The van der Waals surface area contributed by atoms with E-state index in [1.165, 1.54) is 12.8 Å². The molecule has 2 aromatic heterocycles. The first-order chi connectivity index (χ1) is 26.6. The molecule has 0 saturated carbocycles. The third kappa shape index (κ3) is 10.3. The van der Waals surface area contributed by atoms with E-state index in [1.807, 2.05) is 67.0 Å². The zero-order valence-corrected chi connectivity index (χ0v) is 31.0. The van der Waals surface area contributed by atoms with Gasteiger partial charge in [0.2, 0.25) is 0 Å². The van der Waals surface area contributed by atoms with E-state index in [2.05, 4.69) is 9.97 Å². The Labute approximate surface area is 318 Å². The summed E-state index contributed by atoms with van der Waals surface area (Å²) < 4.78 is 33.1. The zero-order chi connectivity index (χ0) is 39.3. The number of hydrogen-bond acceptors (Lipinski definition) is 12. The van der Waals surface area contributed by atoms with Crippen molar-refractivity contribution >= 4 is 34.7 Å². The molecular formula is C41H42N4O10. The highest BCUT2D eigenvalue weighted by Gasteiger charge is 2.18. The van der Waals surface area contributed by atoms with Gasteiger partial charge in [-0.25, -0.2) is 19.6 Å². The fourth-order valence-electron chi connectivity index (χ4n) is 5.46.